The summed E-state index contributed by atoms with van der Waals surface area (Å²) < 4.78 is 5.17. The molecule has 1 aliphatic rings. The second-order valence-corrected chi connectivity index (χ2v) is 7.51. The average molecular weight is 403 g/mol. The number of benzene rings is 2. The number of carbonyl (C=O) groups excluding carboxylic acids is 2. The monoisotopic (exact) mass is 402 g/mol. The molecule has 3 rings (SSSR count). The van der Waals surface area contributed by atoms with Crippen molar-refractivity contribution in [1.29, 1.82) is 0 Å². The molecule has 0 aliphatic carbocycles. The molecule has 1 saturated heterocycles. The highest BCUT2D eigenvalue weighted by Crippen LogP contribution is 2.33. The Morgan fingerprint density at radius 2 is 1.89 bits per heavy atom. The number of carbonyl (C=O) groups is 2. The Balaban J connectivity index is 1.75. The molecule has 3 amide bonds. The highest BCUT2D eigenvalue weighted by atomic mass is 35.5. The summed E-state index contributed by atoms with van der Waals surface area (Å²) >= 11 is 6.11. The van der Waals surface area contributed by atoms with Gasteiger partial charge in [-0.25, -0.2) is 9.69 Å². The predicted molar refractivity (Wildman–Crippen MR) is 107 cm³/mol. The van der Waals surface area contributed by atoms with Crippen LogP contribution in [0, 0.1) is 0 Å². The van der Waals surface area contributed by atoms with Crippen LogP contribution in [0.4, 0.5) is 4.79 Å². The van der Waals surface area contributed by atoms with Gasteiger partial charge in [-0.3, -0.25) is 4.79 Å². The fourth-order valence-corrected chi connectivity index (χ4v) is 3.77. The van der Waals surface area contributed by atoms with Crippen LogP contribution in [-0.2, 0) is 16.9 Å². The van der Waals surface area contributed by atoms with E-state index in [0.29, 0.717) is 23.6 Å². The van der Waals surface area contributed by atoms with Crippen molar-refractivity contribution in [2.75, 3.05) is 20.8 Å². The van der Waals surface area contributed by atoms with Crippen LogP contribution in [0.25, 0.3) is 0 Å². The van der Waals surface area contributed by atoms with E-state index in [0.717, 1.165) is 16.2 Å². The van der Waals surface area contributed by atoms with Gasteiger partial charge in [-0.2, -0.15) is 0 Å². The molecule has 2 aromatic rings. The van der Waals surface area contributed by atoms with Crippen molar-refractivity contribution < 1.29 is 19.2 Å². The molecule has 148 valence electrons. The molecule has 1 fully saturated rings. The summed E-state index contributed by atoms with van der Waals surface area (Å²) in [4.78, 5) is 28.2. The molecular formula is C21H25ClN3O3+. The van der Waals surface area contributed by atoms with Gasteiger partial charge in [0.25, 0.3) is 5.91 Å². The van der Waals surface area contributed by atoms with Gasteiger partial charge >= 0.3 is 6.03 Å². The predicted octanol–water partition coefficient (Wildman–Crippen LogP) is 2.18. The van der Waals surface area contributed by atoms with Gasteiger partial charge in [0.2, 0.25) is 0 Å². The van der Waals surface area contributed by atoms with E-state index < -0.39 is 5.54 Å². The first-order valence-electron chi connectivity index (χ1n) is 9.24. The van der Waals surface area contributed by atoms with E-state index in [1.54, 1.807) is 25.3 Å². The lowest BCUT2D eigenvalue weighted by atomic mass is 9.87. The van der Waals surface area contributed by atoms with E-state index in [4.69, 9.17) is 16.3 Å². The highest BCUT2D eigenvalue weighted by Gasteiger charge is 2.52. The Morgan fingerprint density at radius 3 is 2.50 bits per heavy atom. The van der Waals surface area contributed by atoms with Crippen LogP contribution in [0.15, 0.2) is 48.5 Å². The lowest BCUT2D eigenvalue weighted by molar-refractivity contribution is -0.901. The first kappa shape index (κ1) is 20.2. The third kappa shape index (κ3) is 3.84. The van der Waals surface area contributed by atoms with Crippen molar-refractivity contribution in [3.63, 3.8) is 0 Å². The van der Waals surface area contributed by atoms with Gasteiger partial charge in [0.05, 0.1) is 14.2 Å². The van der Waals surface area contributed by atoms with Crippen molar-refractivity contribution in [3.8, 4) is 5.75 Å². The van der Waals surface area contributed by atoms with Crippen molar-refractivity contribution in [2.24, 2.45) is 0 Å². The number of hydrogen-bond donors (Lipinski definition) is 2. The maximum atomic E-state index is 13.2. The maximum absolute atomic E-state index is 13.2. The molecule has 1 heterocycles. The molecule has 1 unspecified atom stereocenters. The number of amides is 3. The number of methoxy groups -OCH3 is 1. The number of imide groups is 1. The third-order valence-corrected chi connectivity index (χ3v) is 5.35. The molecule has 28 heavy (non-hydrogen) atoms. The van der Waals surface area contributed by atoms with Crippen molar-refractivity contribution in [3.05, 3.63) is 64.7 Å². The van der Waals surface area contributed by atoms with Gasteiger partial charge in [-0.05, 0) is 48.4 Å². The fourth-order valence-electron chi connectivity index (χ4n) is 3.58. The largest absolute Gasteiger partial charge is 0.497 e. The maximum Gasteiger partial charge on any atom is 0.329 e. The summed E-state index contributed by atoms with van der Waals surface area (Å²) in [5, 5.41) is 3.43. The van der Waals surface area contributed by atoms with Crippen LogP contribution in [0.1, 0.15) is 24.5 Å². The van der Waals surface area contributed by atoms with Gasteiger partial charge < -0.3 is 15.0 Å². The van der Waals surface area contributed by atoms with E-state index in [-0.39, 0.29) is 18.6 Å². The minimum Gasteiger partial charge on any atom is -0.497 e. The Morgan fingerprint density at radius 1 is 1.18 bits per heavy atom. The molecule has 2 atom stereocenters. The first-order chi connectivity index (χ1) is 13.4. The van der Waals surface area contributed by atoms with Crippen molar-refractivity contribution in [1.82, 2.24) is 10.2 Å². The lowest BCUT2D eigenvalue weighted by Crippen LogP contribution is -3.09. The lowest BCUT2D eigenvalue weighted by Gasteiger charge is -2.26. The summed E-state index contributed by atoms with van der Waals surface area (Å²) in [5.41, 5.74) is 0.737. The normalized spacial score (nSPS) is 20.2. The third-order valence-electron chi connectivity index (χ3n) is 5.12. The highest BCUT2D eigenvalue weighted by molar-refractivity contribution is 6.30. The number of quaternary nitrogens is 1. The molecule has 0 radical (unpaired) electrons. The molecule has 6 nitrogen and oxygen atoms in total. The zero-order chi connectivity index (χ0) is 20.3. The van der Waals surface area contributed by atoms with E-state index in [2.05, 4.69) is 5.32 Å². The van der Waals surface area contributed by atoms with Crippen molar-refractivity contribution >= 4 is 23.5 Å². The van der Waals surface area contributed by atoms with Gasteiger partial charge in [-0.15, -0.1) is 0 Å². The van der Waals surface area contributed by atoms with Crippen LogP contribution in [0.5, 0.6) is 5.75 Å². The molecule has 0 spiro atoms. The van der Waals surface area contributed by atoms with Gasteiger partial charge in [0, 0.05) is 10.6 Å². The summed E-state index contributed by atoms with van der Waals surface area (Å²) in [6.45, 7) is 2.84. The topological polar surface area (TPSA) is 63.1 Å². The molecule has 1 aliphatic heterocycles. The Labute approximate surface area is 170 Å². The number of urea groups is 1. The fraction of sp³-hybridized carbons (Fsp3) is 0.333. The summed E-state index contributed by atoms with van der Waals surface area (Å²) in [6, 6.07) is 14.5. The average Bonchev–Trinajstić information content (AvgIpc) is 2.93. The number of nitrogens with one attached hydrogen (secondary N) is 2. The second-order valence-electron chi connectivity index (χ2n) is 7.07. The summed E-state index contributed by atoms with van der Waals surface area (Å²) in [7, 11) is 3.58. The first-order valence-corrected chi connectivity index (χ1v) is 9.62. The Hall–Kier alpha value is -2.57. The molecule has 2 aromatic carbocycles. The quantitative estimate of drug-likeness (QED) is 0.698. The summed E-state index contributed by atoms with van der Waals surface area (Å²) in [5.74, 6) is 0.557. The zero-order valence-corrected chi connectivity index (χ0v) is 17.0. The number of rotatable bonds is 7. The number of halogens is 1. The Bertz CT molecular complexity index is 871. The smallest absolute Gasteiger partial charge is 0.329 e. The van der Waals surface area contributed by atoms with E-state index in [1.807, 2.05) is 44.3 Å². The number of ether oxygens (including phenoxy) is 1. The van der Waals surface area contributed by atoms with Crippen molar-refractivity contribution in [2.45, 2.75) is 25.4 Å². The number of nitrogens with zero attached hydrogens (tertiary/aromatic N) is 1. The minimum absolute atomic E-state index is 0.239. The van der Waals surface area contributed by atoms with Crippen LogP contribution in [0.2, 0.25) is 5.02 Å². The molecule has 2 N–H and O–H groups in total. The molecule has 0 saturated carbocycles. The van der Waals surface area contributed by atoms with Gasteiger partial charge in [-0.1, -0.05) is 30.7 Å². The molecular weight excluding hydrogens is 378 g/mol. The number of hydrogen-bond acceptors (Lipinski definition) is 3. The van der Waals surface area contributed by atoms with Crippen LogP contribution in [0.3, 0.4) is 0 Å². The Kier molecular flexibility index (Phi) is 5.91. The molecule has 0 aromatic heterocycles. The standard InChI is InChI=1S/C21H24ClN3O3/c1-4-21(16-6-5-7-17(22)12-16)19(26)25(20(27)23-21)14-24(2)13-15-8-10-18(28-3)11-9-15/h5-12H,4,13-14H2,1-3H3,(H,23,27)/p+1/t21-/m0/s1. The van der Waals surface area contributed by atoms with E-state index in [1.165, 1.54) is 4.90 Å². The SMILES string of the molecule is CC[C@@]1(c2cccc(Cl)c2)NC(=O)N(C[NH+](C)Cc2ccc(OC)cc2)C1=O. The molecule has 0 bridgehead atoms. The minimum atomic E-state index is -1.07. The molecule has 7 heteroatoms. The van der Waals surface area contributed by atoms with Gasteiger partial charge in [0.1, 0.15) is 17.8 Å². The van der Waals surface area contributed by atoms with Crippen LogP contribution in [-0.4, -0.2) is 37.7 Å². The summed E-state index contributed by atoms with van der Waals surface area (Å²) in [6.07, 6.45) is 0.450. The van der Waals surface area contributed by atoms with Crippen LogP contribution >= 0.6 is 11.6 Å². The van der Waals surface area contributed by atoms with Gasteiger partial charge in [0.15, 0.2) is 6.67 Å². The van der Waals surface area contributed by atoms with Crippen LogP contribution < -0.4 is 15.0 Å². The van der Waals surface area contributed by atoms with E-state index in [9.17, 15) is 9.59 Å². The second kappa shape index (κ2) is 8.20. The zero-order valence-electron chi connectivity index (χ0n) is 16.3. The van der Waals surface area contributed by atoms with E-state index >= 15 is 0 Å².